The summed E-state index contributed by atoms with van der Waals surface area (Å²) in [6, 6.07) is 21.8. The molecule has 0 atom stereocenters. The van der Waals surface area contributed by atoms with Crippen molar-refractivity contribution in [2.45, 2.75) is 38.1 Å². The van der Waals surface area contributed by atoms with E-state index in [1.807, 2.05) is 18.2 Å². The number of aryl methyl sites for hydroxylation is 1. The van der Waals surface area contributed by atoms with E-state index >= 15 is 0 Å². The summed E-state index contributed by atoms with van der Waals surface area (Å²) in [5.74, 6) is -2.18. The number of hydrogen-bond acceptors (Lipinski definition) is 7. The maximum atomic E-state index is 11.7. The van der Waals surface area contributed by atoms with Crippen LogP contribution < -0.4 is 15.5 Å². The Kier molecular flexibility index (Phi) is 8.33. The van der Waals surface area contributed by atoms with E-state index in [1.165, 1.54) is 17.2 Å². The molecule has 4 rings (SSSR count). The molecule has 35 heavy (non-hydrogen) atoms. The summed E-state index contributed by atoms with van der Waals surface area (Å²) < 4.78 is 0.522. The van der Waals surface area contributed by atoms with Crippen LogP contribution in [0.25, 0.3) is 10.2 Å². The smallest absolute Gasteiger partial charge is 0.305 e. The third-order valence-corrected chi connectivity index (χ3v) is 6.84. The molecule has 184 valence electrons. The number of phenolic OH excluding ortho intramolecular Hbond substituents is 1. The molecule has 6 N–H and O–H groups in total. The van der Waals surface area contributed by atoms with Gasteiger partial charge in [0.05, 0.1) is 4.70 Å². The van der Waals surface area contributed by atoms with Gasteiger partial charge in [0.1, 0.15) is 11.3 Å². The van der Waals surface area contributed by atoms with Crippen LogP contribution in [-0.2, 0) is 25.8 Å². The van der Waals surface area contributed by atoms with Crippen LogP contribution in [-0.4, -0.2) is 39.3 Å². The molecule has 1 heterocycles. The van der Waals surface area contributed by atoms with Gasteiger partial charge in [-0.2, -0.15) is 0 Å². The van der Waals surface area contributed by atoms with Crippen molar-refractivity contribution in [3.05, 3.63) is 98.7 Å². The lowest BCUT2D eigenvalue weighted by Gasteiger charge is -2.23. The number of aromatic amines is 1. The number of nitrogens with one attached hydrogen (secondary N) is 3. The molecule has 0 fully saturated rings. The van der Waals surface area contributed by atoms with Crippen molar-refractivity contribution < 1.29 is 15.3 Å². The molecule has 1 aromatic heterocycles. The lowest BCUT2D eigenvalue weighted by Crippen LogP contribution is -2.47. The predicted octanol–water partition coefficient (Wildman–Crippen LogP) is 3.03. The Morgan fingerprint density at radius 1 is 0.886 bits per heavy atom. The fourth-order valence-corrected chi connectivity index (χ4v) is 5.00. The fourth-order valence-electron chi connectivity index (χ4n) is 4.14. The molecule has 0 aliphatic rings. The number of aromatic hydroxyl groups is 1. The van der Waals surface area contributed by atoms with Crippen LogP contribution in [0.2, 0.25) is 0 Å². The summed E-state index contributed by atoms with van der Waals surface area (Å²) in [6.07, 6.45) is 2.65. The average molecular weight is 494 g/mol. The highest BCUT2D eigenvalue weighted by atomic mass is 32.1. The van der Waals surface area contributed by atoms with Gasteiger partial charge in [0, 0.05) is 19.5 Å². The first-order valence-electron chi connectivity index (χ1n) is 11.8. The average Bonchev–Trinajstić information content (AvgIpc) is 3.24. The molecule has 3 aromatic carbocycles. The maximum absolute atomic E-state index is 11.7. The number of fused-ring (bicyclic) bond motifs is 1. The van der Waals surface area contributed by atoms with Crippen molar-refractivity contribution >= 4 is 21.6 Å². The largest absolute Gasteiger partial charge is 0.506 e. The Labute approximate surface area is 208 Å². The van der Waals surface area contributed by atoms with Crippen LogP contribution >= 0.6 is 11.3 Å². The van der Waals surface area contributed by atoms with Gasteiger partial charge in [-0.1, -0.05) is 72.0 Å². The first kappa shape index (κ1) is 25.1. The molecule has 0 aliphatic carbocycles. The Morgan fingerprint density at radius 2 is 1.66 bits per heavy atom. The van der Waals surface area contributed by atoms with Gasteiger partial charge in [-0.25, -0.2) is 0 Å². The normalized spacial score (nSPS) is 11.8. The number of phenols is 1. The van der Waals surface area contributed by atoms with E-state index in [0.29, 0.717) is 28.7 Å². The molecule has 8 heteroatoms. The molecule has 4 aromatic rings. The number of aromatic nitrogens is 1. The summed E-state index contributed by atoms with van der Waals surface area (Å²) in [5, 5.41) is 37.1. The van der Waals surface area contributed by atoms with E-state index in [4.69, 9.17) is 0 Å². The SMILES string of the molecule is O=c1[nH]c2c(O)ccc(CC(O)(O)NCCc3cccc(CNCCCc4ccccc4)c3)c2s1. The van der Waals surface area contributed by atoms with Gasteiger partial charge in [-0.15, -0.1) is 0 Å². The highest BCUT2D eigenvalue weighted by Gasteiger charge is 2.25. The third-order valence-electron chi connectivity index (χ3n) is 5.88. The van der Waals surface area contributed by atoms with Crippen LogP contribution in [0.4, 0.5) is 0 Å². The van der Waals surface area contributed by atoms with E-state index in [9.17, 15) is 20.1 Å². The summed E-state index contributed by atoms with van der Waals surface area (Å²) in [7, 11) is 0. The zero-order chi connectivity index (χ0) is 24.7. The highest BCUT2D eigenvalue weighted by molar-refractivity contribution is 7.16. The third kappa shape index (κ3) is 7.24. The van der Waals surface area contributed by atoms with Crippen molar-refractivity contribution in [1.29, 1.82) is 0 Å². The van der Waals surface area contributed by atoms with Gasteiger partial charge in [0.2, 0.25) is 5.91 Å². The molecule has 0 saturated heterocycles. The van der Waals surface area contributed by atoms with Crippen LogP contribution in [0.1, 0.15) is 28.7 Å². The quantitative estimate of drug-likeness (QED) is 0.133. The summed E-state index contributed by atoms with van der Waals surface area (Å²) in [4.78, 5) is 14.0. The Hall–Kier alpha value is -3.01. The van der Waals surface area contributed by atoms with Crippen molar-refractivity contribution in [3.63, 3.8) is 0 Å². The molecule has 0 amide bonds. The molecular formula is C27H31N3O4S. The number of thiazole rings is 1. The van der Waals surface area contributed by atoms with Crippen molar-refractivity contribution in [1.82, 2.24) is 15.6 Å². The van der Waals surface area contributed by atoms with Crippen molar-refractivity contribution in [2.75, 3.05) is 13.1 Å². The summed E-state index contributed by atoms with van der Waals surface area (Å²) >= 11 is 0.937. The number of aliphatic hydroxyl groups is 2. The van der Waals surface area contributed by atoms with Crippen LogP contribution in [0.5, 0.6) is 5.75 Å². The standard InChI is InChI=1S/C27H31N3O4S/c31-23-12-11-22(25-24(23)30-26(32)35-25)17-27(33,34)29-15-13-20-8-4-9-21(16-20)18-28-14-5-10-19-6-2-1-3-7-19/h1-4,6-9,11-12,16,28-29,31,33-34H,5,10,13-15,17-18H2,(H,30,32). The number of H-pyrrole nitrogens is 1. The number of hydrogen-bond donors (Lipinski definition) is 6. The Morgan fingerprint density at radius 3 is 2.49 bits per heavy atom. The first-order valence-corrected chi connectivity index (χ1v) is 12.6. The van der Waals surface area contributed by atoms with Gasteiger partial charge in [0.15, 0.2) is 0 Å². The second-order valence-electron chi connectivity index (χ2n) is 8.72. The van der Waals surface area contributed by atoms with Crippen molar-refractivity contribution in [3.8, 4) is 5.75 Å². The zero-order valence-electron chi connectivity index (χ0n) is 19.5. The van der Waals surface area contributed by atoms with E-state index in [1.54, 1.807) is 6.07 Å². The van der Waals surface area contributed by atoms with Gasteiger partial charge >= 0.3 is 4.87 Å². The molecule has 0 saturated carbocycles. The van der Waals surface area contributed by atoms with Crippen LogP contribution in [0.3, 0.4) is 0 Å². The van der Waals surface area contributed by atoms with Gasteiger partial charge in [-0.05, 0) is 54.1 Å². The molecule has 0 radical (unpaired) electrons. The maximum Gasteiger partial charge on any atom is 0.305 e. The van der Waals surface area contributed by atoms with Crippen molar-refractivity contribution in [2.24, 2.45) is 0 Å². The second-order valence-corrected chi connectivity index (χ2v) is 9.70. The lowest BCUT2D eigenvalue weighted by molar-refractivity contribution is -0.183. The van der Waals surface area contributed by atoms with E-state index in [2.05, 4.69) is 52.0 Å². The Balaban J connectivity index is 1.23. The second kappa shape index (κ2) is 11.6. The van der Waals surface area contributed by atoms with E-state index in [0.717, 1.165) is 42.8 Å². The highest BCUT2D eigenvalue weighted by Crippen LogP contribution is 2.29. The van der Waals surface area contributed by atoms with Crippen LogP contribution in [0, 0.1) is 0 Å². The molecule has 0 aliphatic heterocycles. The summed E-state index contributed by atoms with van der Waals surface area (Å²) in [5.41, 5.74) is 4.53. The van der Waals surface area contributed by atoms with Crippen LogP contribution in [0.15, 0.2) is 71.5 Å². The minimum atomic E-state index is -2.14. The first-order chi connectivity index (χ1) is 16.9. The van der Waals surface area contributed by atoms with Gasteiger partial charge in [-0.3, -0.25) is 10.1 Å². The lowest BCUT2D eigenvalue weighted by atomic mass is 10.1. The predicted molar refractivity (Wildman–Crippen MR) is 140 cm³/mol. The molecule has 0 spiro atoms. The monoisotopic (exact) mass is 493 g/mol. The van der Waals surface area contributed by atoms with Gasteiger partial charge in [0.25, 0.3) is 0 Å². The number of benzene rings is 3. The van der Waals surface area contributed by atoms with E-state index < -0.39 is 5.91 Å². The Bertz CT molecular complexity index is 1300. The zero-order valence-corrected chi connectivity index (χ0v) is 20.3. The van der Waals surface area contributed by atoms with Gasteiger partial charge < -0.3 is 25.6 Å². The topological polar surface area (TPSA) is 118 Å². The fraction of sp³-hybridized carbons (Fsp3) is 0.296. The molecule has 0 unspecified atom stereocenters. The minimum Gasteiger partial charge on any atom is -0.506 e. The molecule has 0 bridgehead atoms. The minimum absolute atomic E-state index is 0.0397. The molecular weight excluding hydrogens is 462 g/mol. The molecule has 7 nitrogen and oxygen atoms in total. The van der Waals surface area contributed by atoms with E-state index in [-0.39, 0.29) is 17.0 Å². The number of rotatable bonds is 12. The summed E-state index contributed by atoms with van der Waals surface area (Å²) in [6.45, 7) is 2.10.